The smallest absolute Gasteiger partial charge is 0.229 e. The molecule has 0 aliphatic carbocycles. The van der Waals surface area contributed by atoms with Crippen LogP contribution in [-0.2, 0) is 9.59 Å². The molecule has 0 radical (unpaired) electrons. The molecule has 0 aromatic heterocycles. The molecule has 0 unspecified atom stereocenters. The van der Waals surface area contributed by atoms with E-state index in [0.29, 0.717) is 25.1 Å². The molecule has 2 amide bonds. The molecule has 1 fully saturated rings. The second-order valence-electron chi connectivity index (χ2n) is 3.49. The van der Waals surface area contributed by atoms with Crippen molar-refractivity contribution in [2.24, 2.45) is 0 Å². The van der Waals surface area contributed by atoms with Crippen LogP contribution < -0.4 is 0 Å². The third kappa shape index (κ3) is 2.87. The van der Waals surface area contributed by atoms with E-state index in [1.807, 2.05) is 0 Å². The van der Waals surface area contributed by atoms with Gasteiger partial charge in [-0.3, -0.25) is 14.5 Å². The van der Waals surface area contributed by atoms with Gasteiger partial charge >= 0.3 is 0 Å². The lowest BCUT2D eigenvalue weighted by atomic mass is 10.2. The number of rotatable bonds is 3. The fourth-order valence-electron chi connectivity index (χ4n) is 1.41. The maximum Gasteiger partial charge on any atom is 0.229 e. The van der Waals surface area contributed by atoms with Crippen molar-refractivity contribution >= 4 is 24.4 Å². The summed E-state index contributed by atoms with van der Waals surface area (Å²) in [7, 11) is 0. The van der Waals surface area contributed by atoms with Crippen molar-refractivity contribution in [3.05, 3.63) is 12.2 Å². The van der Waals surface area contributed by atoms with Crippen LogP contribution in [0.15, 0.2) is 12.2 Å². The number of carbonyl (C=O) groups is 2. The van der Waals surface area contributed by atoms with Crippen LogP contribution in [0.1, 0.15) is 25.7 Å². The quantitative estimate of drug-likeness (QED) is 0.437. The van der Waals surface area contributed by atoms with Gasteiger partial charge in [0.1, 0.15) is 0 Å². The molecular weight excluding hydrogens is 198 g/mol. The molecule has 0 N–H and O–H groups in total. The van der Waals surface area contributed by atoms with E-state index in [0.717, 1.165) is 18.4 Å². The summed E-state index contributed by atoms with van der Waals surface area (Å²) in [5.41, 5.74) is 0.803. The van der Waals surface area contributed by atoms with Crippen LogP contribution in [0.3, 0.4) is 0 Å². The van der Waals surface area contributed by atoms with E-state index in [-0.39, 0.29) is 11.8 Å². The SMILES string of the molecule is C=C(CS)CN1C(=O)CCCCC1=O. The normalized spacial score (nSPS) is 18.2. The van der Waals surface area contributed by atoms with Crippen LogP contribution >= 0.6 is 12.6 Å². The highest BCUT2D eigenvalue weighted by Gasteiger charge is 2.23. The molecule has 0 spiro atoms. The second kappa shape index (κ2) is 5.20. The van der Waals surface area contributed by atoms with Gasteiger partial charge in [0, 0.05) is 18.6 Å². The number of imide groups is 1. The minimum atomic E-state index is -0.0737. The molecule has 1 aliphatic rings. The Balaban J connectivity index is 2.65. The van der Waals surface area contributed by atoms with Crippen molar-refractivity contribution in [2.45, 2.75) is 25.7 Å². The summed E-state index contributed by atoms with van der Waals surface area (Å²) in [6.07, 6.45) is 2.58. The maximum atomic E-state index is 11.5. The number of amides is 2. The Morgan fingerprint density at radius 1 is 1.29 bits per heavy atom. The number of thiol groups is 1. The molecule has 1 rings (SSSR count). The number of carbonyl (C=O) groups excluding carboxylic acids is 2. The minimum Gasteiger partial charge on any atom is -0.278 e. The van der Waals surface area contributed by atoms with Crippen molar-refractivity contribution in [1.82, 2.24) is 4.90 Å². The van der Waals surface area contributed by atoms with Gasteiger partial charge in [-0.1, -0.05) is 6.58 Å². The third-order valence-electron chi connectivity index (χ3n) is 2.24. The minimum absolute atomic E-state index is 0.0737. The first-order chi connectivity index (χ1) is 6.65. The van der Waals surface area contributed by atoms with Gasteiger partial charge in [-0.2, -0.15) is 12.6 Å². The summed E-state index contributed by atoms with van der Waals surface area (Å²) >= 11 is 4.05. The Hall–Kier alpha value is -0.770. The molecule has 1 heterocycles. The number of hydrogen-bond acceptors (Lipinski definition) is 3. The standard InChI is InChI=1S/C10H15NO2S/c1-8(7-14)6-11-9(12)4-2-3-5-10(11)13/h14H,1-7H2. The fourth-order valence-corrected chi connectivity index (χ4v) is 1.51. The van der Waals surface area contributed by atoms with E-state index >= 15 is 0 Å². The summed E-state index contributed by atoms with van der Waals surface area (Å²) in [6.45, 7) is 4.08. The summed E-state index contributed by atoms with van der Waals surface area (Å²) < 4.78 is 0. The lowest BCUT2D eigenvalue weighted by Crippen LogP contribution is -2.36. The first-order valence-corrected chi connectivity index (χ1v) is 5.39. The zero-order valence-electron chi connectivity index (χ0n) is 8.16. The van der Waals surface area contributed by atoms with E-state index in [4.69, 9.17) is 0 Å². The van der Waals surface area contributed by atoms with E-state index in [2.05, 4.69) is 19.2 Å². The predicted molar refractivity (Wildman–Crippen MR) is 58.2 cm³/mol. The Labute approximate surface area is 89.6 Å². The van der Waals surface area contributed by atoms with E-state index in [1.54, 1.807) is 0 Å². The average molecular weight is 213 g/mol. The Morgan fingerprint density at radius 2 is 1.79 bits per heavy atom. The molecule has 0 aromatic carbocycles. The Kier molecular flexibility index (Phi) is 4.20. The molecule has 1 aliphatic heterocycles. The maximum absolute atomic E-state index is 11.5. The van der Waals surface area contributed by atoms with Crippen LogP contribution in [0.25, 0.3) is 0 Å². The third-order valence-corrected chi connectivity index (χ3v) is 2.69. The molecule has 78 valence electrons. The topological polar surface area (TPSA) is 37.4 Å². The van der Waals surface area contributed by atoms with Crippen LogP contribution in [0, 0.1) is 0 Å². The molecule has 0 bridgehead atoms. The summed E-state index contributed by atoms with van der Waals surface area (Å²) in [6, 6.07) is 0. The fraction of sp³-hybridized carbons (Fsp3) is 0.600. The van der Waals surface area contributed by atoms with Gasteiger partial charge in [0.25, 0.3) is 0 Å². The average Bonchev–Trinajstić information content (AvgIpc) is 2.32. The summed E-state index contributed by atoms with van der Waals surface area (Å²) in [4.78, 5) is 24.3. The monoisotopic (exact) mass is 213 g/mol. The highest BCUT2D eigenvalue weighted by molar-refractivity contribution is 7.80. The van der Waals surface area contributed by atoms with Crippen LogP contribution in [0.5, 0.6) is 0 Å². The van der Waals surface area contributed by atoms with Gasteiger partial charge in [0.2, 0.25) is 11.8 Å². The van der Waals surface area contributed by atoms with Gasteiger partial charge in [0.05, 0.1) is 6.54 Å². The molecule has 0 atom stereocenters. The Bertz CT molecular complexity index is 245. The van der Waals surface area contributed by atoms with Gasteiger partial charge in [-0.25, -0.2) is 0 Å². The Morgan fingerprint density at radius 3 is 2.21 bits per heavy atom. The first kappa shape index (κ1) is 11.3. The van der Waals surface area contributed by atoms with Gasteiger partial charge in [-0.05, 0) is 18.4 Å². The molecule has 14 heavy (non-hydrogen) atoms. The van der Waals surface area contributed by atoms with Crippen molar-refractivity contribution in [3.63, 3.8) is 0 Å². The summed E-state index contributed by atoms with van der Waals surface area (Å²) in [5.74, 6) is 0.364. The molecule has 3 nitrogen and oxygen atoms in total. The van der Waals surface area contributed by atoms with Crippen molar-refractivity contribution < 1.29 is 9.59 Å². The van der Waals surface area contributed by atoms with Gasteiger partial charge in [-0.15, -0.1) is 0 Å². The molecule has 0 saturated carbocycles. The lowest BCUT2D eigenvalue weighted by molar-refractivity contribution is -0.143. The molecule has 4 heteroatoms. The van der Waals surface area contributed by atoms with Crippen molar-refractivity contribution in [2.75, 3.05) is 12.3 Å². The molecular formula is C10H15NO2S. The van der Waals surface area contributed by atoms with E-state index in [1.165, 1.54) is 4.90 Å². The second-order valence-corrected chi connectivity index (χ2v) is 3.81. The highest BCUT2D eigenvalue weighted by atomic mass is 32.1. The predicted octanol–water partition coefficient (Wildman–Crippen LogP) is 1.40. The van der Waals surface area contributed by atoms with Crippen LogP contribution in [0.4, 0.5) is 0 Å². The van der Waals surface area contributed by atoms with Crippen LogP contribution in [-0.4, -0.2) is 29.0 Å². The molecule has 0 aromatic rings. The number of hydrogen-bond donors (Lipinski definition) is 1. The number of nitrogens with zero attached hydrogens (tertiary/aromatic N) is 1. The summed E-state index contributed by atoms with van der Waals surface area (Å²) in [5, 5.41) is 0. The molecule has 1 saturated heterocycles. The highest BCUT2D eigenvalue weighted by Crippen LogP contribution is 2.13. The number of likely N-dealkylation sites (tertiary alicyclic amines) is 1. The van der Waals surface area contributed by atoms with E-state index in [9.17, 15) is 9.59 Å². The lowest BCUT2D eigenvalue weighted by Gasteiger charge is -2.19. The zero-order valence-corrected chi connectivity index (χ0v) is 9.06. The largest absolute Gasteiger partial charge is 0.278 e. The zero-order chi connectivity index (χ0) is 10.6. The van der Waals surface area contributed by atoms with Crippen LogP contribution in [0.2, 0.25) is 0 Å². The van der Waals surface area contributed by atoms with Gasteiger partial charge in [0.15, 0.2) is 0 Å². The van der Waals surface area contributed by atoms with E-state index < -0.39 is 0 Å². The first-order valence-electron chi connectivity index (χ1n) is 4.76. The van der Waals surface area contributed by atoms with Gasteiger partial charge < -0.3 is 0 Å². The van der Waals surface area contributed by atoms with Crippen molar-refractivity contribution in [1.29, 1.82) is 0 Å². The van der Waals surface area contributed by atoms with Crippen molar-refractivity contribution in [3.8, 4) is 0 Å².